The summed E-state index contributed by atoms with van der Waals surface area (Å²) in [5, 5.41) is 0. The van der Waals surface area contributed by atoms with Crippen LogP contribution in [-0.2, 0) is 0 Å². The number of nitrogens with one attached hydrogen (secondary N) is 1. The second-order valence-electron chi connectivity index (χ2n) is 2.99. The van der Waals surface area contributed by atoms with E-state index in [1.165, 1.54) is 0 Å². The molecule has 1 heterocycles. The molecule has 1 aromatic heterocycles. The minimum absolute atomic E-state index is 0.115. The molecule has 0 atom stereocenters. The van der Waals surface area contributed by atoms with Gasteiger partial charge in [0.25, 0.3) is 5.91 Å². The molecule has 0 saturated carbocycles. The average molecular weight is 180 g/mol. The molecule has 0 fully saturated rings. The van der Waals surface area contributed by atoms with Crippen LogP contribution in [0, 0.1) is 6.92 Å². The van der Waals surface area contributed by atoms with Crippen LogP contribution in [-0.4, -0.2) is 28.9 Å². The second kappa shape index (κ2) is 4.12. The fourth-order valence-electron chi connectivity index (χ4n) is 1.37. The van der Waals surface area contributed by atoms with Gasteiger partial charge in [-0.2, -0.15) is 0 Å². The topological polar surface area (TPSA) is 36.1 Å². The molecule has 0 saturated heterocycles. The number of nitrogens with zero attached hydrogens (tertiary/aromatic N) is 1. The number of rotatable bonds is 3. The monoisotopic (exact) mass is 180 g/mol. The van der Waals surface area contributed by atoms with E-state index in [1.54, 1.807) is 6.20 Å². The van der Waals surface area contributed by atoms with Crippen LogP contribution in [0.5, 0.6) is 0 Å². The normalized spacial score (nSPS) is 10.1. The third kappa shape index (κ3) is 1.91. The van der Waals surface area contributed by atoms with Crippen LogP contribution in [0.2, 0.25) is 0 Å². The van der Waals surface area contributed by atoms with E-state index in [2.05, 4.69) is 4.98 Å². The lowest BCUT2D eigenvalue weighted by Gasteiger charge is -2.18. The summed E-state index contributed by atoms with van der Waals surface area (Å²) < 4.78 is 0. The van der Waals surface area contributed by atoms with E-state index in [0.29, 0.717) is 0 Å². The predicted molar refractivity (Wildman–Crippen MR) is 52.8 cm³/mol. The second-order valence-corrected chi connectivity index (χ2v) is 2.99. The summed E-state index contributed by atoms with van der Waals surface area (Å²) >= 11 is 0. The first-order valence-electron chi connectivity index (χ1n) is 4.64. The van der Waals surface area contributed by atoms with E-state index < -0.39 is 0 Å². The predicted octanol–water partition coefficient (Wildman–Crippen LogP) is 1.81. The van der Waals surface area contributed by atoms with Gasteiger partial charge in [-0.1, -0.05) is 0 Å². The average Bonchev–Trinajstić information content (AvgIpc) is 2.53. The van der Waals surface area contributed by atoms with Gasteiger partial charge in [0.2, 0.25) is 0 Å². The van der Waals surface area contributed by atoms with Crippen molar-refractivity contribution >= 4 is 5.91 Å². The molecule has 1 aromatic rings. The molecule has 0 radical (unpaired) electrons. The van der Waals surface area contributed by atoms with Crippen molar-refractivity contribution in [3.63, 3.8) is 0 Å². The molecule has 0 aliphatic carbocycles. The largest absolute Gasteiger partial charge is 0.365 e. The number of aromatic nitrogens is 1. The van der Waals surface area contributed by atoms with E-state index in [0.717, 1.165) is 24.3 Å². The van der Waals surface area contributed by atoms with E-state index in [4.69, 9.17) is 0 Å². The molecular weight excluding hydrogens is 164 g/mol. The number of carbonyl (C=O) groups is 1. The molecule has 0 unspecified atom stereocenters. The van der Waals surface area contributed by atoms with Crippen LogP contribution < -0.4 is 0 Å². The third-order valence-corrected chi connectivity index (χ3v) is 2.23. The van der Waals surface area contributed by atoms with Crippen LogP contribution in [0.3, 0.4) is 0 Å². The molecule has 0 aromatic carbocycles. The molecule has 1 rings (SSSR count). The Morgan fingerprint density at radius 1 is 1.46 bits per heavy atom. The van der Waals surface area contributed by atoms with Gasteiger partial charge in [0.15, 0.2) is 0 Å². The van der Waals surface area contributed by atoms with E-state index in [9.17, 15) is 4.79 Å². The van der Waals surface area contributed by atoms with Crippen molar-refractivity contribution in [1.29, 1.82) is 0 Å². The van der Waals surface area contributed by atoms with E-state index in [1.807, 2.05) is 31.7 Å². The first-order valence-corrected chi connectivity index (χ1v) is 4.64. The molecule has 13 heavy (non-hydrogen) atoms. The van der Waals surface area contributed by atoms with Crippen LogP contribution in [0.1, 0.15) is 29.9 Å². The minimum Gasteiger partial charge on any atom is -0.365 e. The Morgan fingerprint density at radius 3 is 2.46 bits per heavy atom. The number of aromatic amines is 1. The third-order valence-electron chi connectivity index (χ3n) is 2.23. The van der Waals surface area contributed by atoms with Gasteiger partial charge in [0.1, 0.15) is 0 Å². The minimum atomic E-state index is 0.115. The lowest BCUT2D eigenvalue weighted by atomic mass is 10.2. The fourth-order valence-corrected chi connectivity index (χ4v) is 1.37. The molecule has 0 aliphatic heterocycles. The smallest absolute Gasteiger partial charge is 0.255 e. The number of carbonyl (C=O) groups excluding carboxylic acids is 1. The lowest BCUT2D eigenvalue weighted by molar-refractivity contribution is 0.0772. The highest BCUT2D eigenvalue weighted by Crippen LogP contribution is 2.08. The Labute approximate surface area is 78.8 Å². The van der Waals surface area contributed by atoms with Gasteiger partial charge in [-0.3, -0.25) is 4.79 Å². The summed E-state index contributed by atoms with van der Waals surface area (Å²) in [4.78, 5) is 16.6. The Bertz CT molecular complexity index is 287. The lowest BCUT2D eigenvalue weighted by Crippen LogP contribution is -2.30. The van der Waals surface area contributed by atoms with Crippen molar-refractivity contribution in [3.8, 4) is 0 Å². The molecule has 1 amide bonds. The fraction of sp³-hybridized carbons (Fsp3) is 0.500. The first-order chi connectivity index (χ1) is 6.20. The SMILES string of the molecule is CCN(CC)C(=O)c1cc[nH]c1C. The number of hydrogen-bond donors (Lipinski definition) is 1. The van der Waals surface area contributed by atoms with Gasteiger partial charge in [-0.15, -0.1) is 0 Å². The summed E-state index contributed by atoms with van der Waals surface area (Å²) in [7, 11) is 0. The van der Waals surface area contributed by atoms with Gasteiger partial charge in [0.05, 0.1) is 5.56 Å². The molecular formula is C10H16N2O. The summed E-state index contributed by atoms with van der Waals surface area (Å²) in [6.45, 7) is 7.42. The summed E-state index contributed by atoms with van der Waals surface area (Å²) in [5.74, 6) is 0.115. The summed E-state index contributed by atoms with van der Waals surface area (Å²) in [5.41, 5.74) is 1.72. The van der Waals surface area contributed by atoms with Crippen LogP contribution >= 0.6 is 0 Å². The number of H-pyrrole nitrogens is 1. The van der Waals surface area contributed by atoms with Crippen molar-refractivity contribution in [3.05, 3.63) is 23.5 Å². The number of hydrogen-bond acceptors (Lipinski definition) is 1. The standard InChI is InChI=1S/C10H16N2O/c1-4-12(5-2)10(13)9-6-7-11-8(9)3/h6-7,11H,4-5H2,1-3H3. The maximum Gasteiger partial charge on any atom is 0.255 e. The van der Waals surface area contributed by atoms with Crippen molar-refractivity contribution < 1.29 is 4.79 Å². The van der Waals surface area contributed by atoms with Gasteiger partial charge in [-0.25, -0.2) is 0 Å². The van der Waals surface area contributed by atoms with Gasteiger partial charge >= 0.3 is 0 Å². The maximum atomic E-state index is 11.8. The molecule has 72 valence electrons. The van der Waals surface area contributed by atoms with E-state index >= 15 is 0 Å². The highest BCUT2D eigenvalue weighted by molar-refractivity contribution is 5.95. The van der Waals surface area contributed by atoms with E-state index in [-0.39, 0.29) is 5.91 Å². The molecule has 0 aliphatic rings. The summed E-state index contributed by atoms with van der Waals surface area (Å²) in [6, 6.07) is 1.83. The zero-order valence-corrected chi connectivity index (χ0v) is 8.42. The van der Waals surface area contributed by atoms with Crippen LogP contribution in [0.25, 0.3) is 0 Å². The van der Waals surface area contributed by atoms with Crippen LogP contribution in [0.4, 0.5) is 0 Å². The Kier molecular flexibility index (Phi) is 3.12. The number of amides is 1. The van der Waals surface area contributed by atoms with Crippen LogP contribution in [0.15, 0.2) is 12.3 Å². The zero-order chi connectivity index (χ0) is 9.84. The quantitative estimate of drug-likeness (QED) is 0.756. The van der Waals surface area contributed by atoms with Crippen molar-refractivity contribution in [1.82, 2.24) is 9.88 Å². The molecule has 0 bridgehead atoms. The Morgan fingerprint density at radius 2 is 2.08 bits per heavy atom. The molecule has 3 heteroatoms. The molecule has 0 spiro atoms. The first kappa shape index (κ1) is 9.84. The molecule has 1 N–H and O–H groups in total. The van der Waals surface area contributed by atoms with Crippen molar-refractivity contribution in [2.24, 2.45) is 0 Å². The molecule has 3 nitrogen and oxygen atoms in total. The van der Waals surface area contributed by atoms with Gasteiger partial charge in [0, 0.05) is 25.0 Å². The highest BCUT2D eigenvalue weighted by atomic mass is 16.2. The van der Waals surface area contributed by atoms with Gasteiger partial charge < -0.3 is 9.88 Å². The Hall–Kier alpha value is -1.25. The Balaban J connectivity index is 2.84. The maximum absolute atomic E-state index is 11.8. The zero-order valence-electron chi connectivity index (χ0n) is 8.42. The van der Waals surface area contributed by atoms with Gasteiger partial charge in [-0.05, 0) is 26.8 Å². The van der Waals surface area contributed by atoms with Crippen molar-refractivity contribution in [2.45, 2.75) is 20.8 Å². The highest BCUT2D eigenvalue weighted by Gasteiger charge is 2.14. The summed E-state index contributed by atoms with van der Waals surface area (Å²) in [6.07, 6.45) is 1.80. The number of aryl methyl sites for hydroxylation is 1. The van der Waals surface area contributed by atoms with Crippen molar-refractivity contribution in [2.75, 3.05) is 13.1 Å².